The molecular formula is C98H62N8O8. The molecule has 0 fully saturated rings. The molecule has 114 heavy (non-hydrogen) atoms. The minimum absolute atomic E-state index is 0.0280. The van der Waals surface area contributed by atoms with E-state index in [2.05, 4.69) is 17.0 Å². The van der Waals surface area contributed by atoms with E-state index in [0.717, 1.165) is 55.6 Å². The maximum Gasteiger partial charge on any atom is 0.338 e. The van der Waals surface area contributed by atoms with Crippen LogP contribution in [0.15, 0.2) is 328 Å². The number of nitrogens with zero attached hydrogens (tertiary/aromatic N) is 8. The minimum Gasteiger partial charge on any atom is -0.457 e. The fourth-order valence-corrected chi connectivity index (χ4v) is 14.4. The summed E-state index contributed by atoms with van der Waals surface area (Å²) in [4.78, 5) is 77.7. The Balaban J connectivity index is 0.904. The number of aromatic nitrogens is 5. The molecule has 0 unspecified atom stereocenters. The third kappa shape index (κ3) is 14.4. The van der Waals surface area contributed by atoms with Crippen LogP contribution in [-0.2, 0) is 45.4 Å². The normalized spacial score (nSPS) is 11.1. The highest BCUT2D eigenvalue weighted by Gasteiger charge is 2.27. The molecule has 16 nitrogen and oxygen atoms in total. The van der Waals surface area contributed by atoms with Crippen LogP contribution in [0.25, 0.3) is 127 Å². The predicted molar refractivity (Wildman–Crippen MR) is 439 cm³/mol. The molecule has 3 aromatic heterocycles. The van der Waals surface area contributed by atoms with Gasteiger partial charge in [0.05, 0.1) is 85.5 Å². The van der Waals surface area contributed by atoms with Crippen molar-refractivity contribution in [2.75, 3.05) is 0 Å². The van der Waals surface area contributed by atoms with Crippen LogP contribution in [0.4, 0.5) is 5.69 Å². The van der Waals surface area contributed by atoms with Crippen molar-refractivity contribution in [3.8, 4) is 91.1 Å². The predicted octanol–water partition coefficient (Wildman–Crippen LogP) is 21.8. The van der Waals surface area contributed by atoms with Crippen molar-refractivity contribution in [2.45, 2.75) is 26.4 Å². The number of carbonyl (C=O) groups excluding carboxylic acids is 4. The third-order valence-corrected chi connectivity index (χ3v) is 20.0. The number of ether oxygens (including phenoxy) is 4. The van der Waals surface area contributed by atoms with E-state index >= 15 is 0 Å². The average molecular weight is 1480 g/mol. The highest BCUT2D eigenvalue weighted by molar-refractivity contribution is 6.15. The SMILES string of the molecule is [C-]#[N+]c1ccccc1-c1ccc(-c2nc(-c3ccc(-c4cccc(C#N)c4)cc3-n3c4ccc(C(=O)OCc5ccccc5)cc4c4cc(C(=O)OCc5ccccc5)ccc43)nc(-c3ccc(-c4cccc(C#N)c4)cc3-n3c4ccc(C(=O)OCc5ccccc5)cc4c4cc(C(=O)OCc5ccccc5)ccc43)n2)cc1. The quantitative estimate of drug-likeness (QED) is 0.0396. The molecule has 0 saturated heterocycles. The zero-order valence-electron chi connectivity index (χ0n) is 60.8. The molecule has 3 heterocycles. The van der Waals surface area contributed by atoms with Crippen molar-refractivity contribution < 1.29 is 38.1 Å². The second-order valence-electron chi connectivity index (χ2n) is 27.2. The van der Waals surface area contributed by atoms with Gasteiger partial charge in [-0.3, -0.25) is 0 Å². The molecule has 0 aliphatic heterocycles. The first-order chi connectivity index (χ1) is 56.0. The van der Waals surface area contributed by atoms with Gasteiger partial charge >= 0.3 is 23.9 Å². The number of para-hydroxylation sites is 1. The van der Waals surface area contributed by atoms with Gasteiger partial charge in [0.15, 0.2) is 23.2 Å². The van der Waals surface area contributed by atoms with E-state index in [9.17, 15) is 29.7 Å². The summed E-state index contributed by atoms with van der Waals surface area (Å²) in [5, 5.41) is 23.0. The van der Waals surface area contributed by atoms with Crippen LogP contribution >= 0.6 is 0 Å². The van der Waals surface area contributed by atoms with Crippen molar-refractivity contribution in [1.82, 2.24) is 24.1 Å². The Morgan fingerprint density at radius 2 is 0.623 bits per heavy atom. The van der Waals surface area contributed by atoms with Crippen LogP contribution < -0.4 is 0 Å². The Kier molecular flexibility index (Phi) is 19.5. The topological polar surface area (TPSA) is 206 Å². The molecule has 17 rings (SSSR count). The van der Waals surface area contributed by atoms with Crippen molar-refractivity contribution in [3.63, 3.8) is 0 Å². The number of esters is 4. The Labute approximate surface area is 654 Å². The molecule has 0 aliphatic carbocycles. The van der Waals surface area contributed by atoms with Gasteiger partial charge in [0.2, 0.25) is 0 Å². The summed E-state index contributed by atoms with van der Waals surface area (Å²) < 4.78 is 27.9. The van der Waals surface area contributed by atoms with Gasteiger partial charge in [-0.25, -0.2) is 39.0 Å². The van der Waals surface area contributed by atoms with Crippen LogP contribution in [0.3, 0.4) is 0 Å². The van der Waals surface area contributed by atoms with Gasteiger partial charge < -0.3 is 28.1 Å². The molecule has 0 amide bonds. The van der Waals surface area contributed by atoms with Crippen molar-refractivity contribution in [1.29, 1.82) is 10.5 Å². The largest absolute Gasteiger partial charge is 0.457 e. The average Bonchev–Trinajstić information content (AvgIpc) is 1.56. The first-order valence-corrected chi connectivity index (χ1v) is 36.6. The van der Waals surface area contributed by atoms with Crippen LogP contribution in [0, 0.1) is 29.2 Å². The number of carbonyl (C=O) groups is 4. The molecule has 0 saturated carbocycles. The summed E-state index contributed by atoms with van der Waals surface area (Å²) in [6.07, 6.45) is 0. The molecule has 542 valence electrons. The molecule has 17 aromatic rings. The zero-order chi connectivity index (χ0) is 77.6. The van der Waals surface area contributed by atoms with Crippen LogP contribution in [-0.4, -0.2) is 48.0 Å². The van der Waals surface area contributed by atoms with Gasteiger partial charge in [-0.1, -0.05) is 206 Å². The Bertz CT molecular complexity index is 6220. The van der Waals surface area contributed by atoms with E-state index in [1.54, 1.807) is 66.7 Å². The van der Waals surface area contributed by atoms with Gasteiger partial charge in [0.1, 0.15) is 26.4 Å². The van der Waals surface area contributed by atoms with E-state index in [1.807, 2.05) is 270 Å². The minimum atomic E-state index is -0.564. The second-order valence-corrected chi connectivity index (χ2v) is 27.2. The van der Waals surface area contributed by atoms with E-state index in [0.29, 0.717) is 88.5 Å². The molecular weight excluding hydrogens is 1420 g/mol. The lowest BCUT2D eigenvalue weighted by atomic mass is 9.99. The van der Waals surface area contributed by atoms with Gasteiger partial charge in [-0.2, -0.15) is 10.5 Å². The van der Waals surface area contributed by atoms with Gasteiger partial charge in [-0.15, -0.1) is 0 Å². The van der Waals surface area contributed by atoms with Gasteiger partial charge in [-0.05, 0) is 177 Å². The lowest BCUT2D eigenvalue weighted by Gasteiger charge is -2.18. The first-order valence-electron chi connectivity index (χ1n) is 36.6. The molecule has 0 aliphatic rings. The number of benzene rings is 14. The van der Waals surface area contributed by atoms with Crippen LogP contribution in [0.5, 0.6) is 0 Å². The molecule has 0 atom stereocenters. The van der Waals surface area contributed by atoms with Crippen LogP contribution in [0.1, 0.15) is 74.8 Å². The summed E-state index contributed by atoms with van der Waals surface area (Å²) in [5.41, 5.74) is 15.3. The first kappa shape index (κ1) is 71.0. The Morgan fingerprint density at radius 1 is 0.307 bits per heavy atom. The summed E-state index contributed by atoms with van der Waals surface area (Å²) in [7, 11) is 0. The third-order valence-electron chi connectivity index (χ3n) is 20.0. The Morgan fingerprint density at radius 3 is 0.974 bits per heavy atom. The molecule has 0 N–H and O–H groups in total. The van der Waals surface area contributed by atoms with Crippen LogP contribution in [0.2, 0.25) is 0 Å². The van der Waals surface area contributed by atoms with E-state index in [-0.39, 0.29) is 66.2 Å². The monoisotopic (exact) mass is 1480 g/mol. The molecule has 14 aromatic carbocycles. The lowest BCUT2D eigenvalue weighted by Crippen LogP contribution is -2.07. The van der Waals surface area contributed by atoms with Crippen molar-refractivity contribution in [3.05, 3.63) is 395 Å². The summed E-state index contributed by atoms with van der Waals surface area (Å²) >= 11 is 0. The molecule has 0 bridgehead atoms. The number of rotatable bonds is 20. The fourth-order valence-electron chi connectivity index (χ4n) is 14.4. The highest BCUT2D eigenvalue weighted by Crippen LogP contribution is 2.44. The summed E-state index contributed by atoms with van der Waals surface area (Å²) in [6, 6.07) is 105. The van der Waals surface area contributed by atoms with E-state index < -0.39 is 23.9 Å². The second kappa shape index (κ2) is 31.3. The lowest BCUT2D eigenvalue weighted by molar-refractivity contribution is 0.0464. The summed E-state index contributed by atoms with van der Waals surface area (Å²) in [5.74, 6) is -1.59. The van der Waals surface area contributed by atoms with Crippen molar-refractivity contribution >= 4 is 73.2 Å². The summed E-state index contributed by atoms with van der Waals surface area (Å²) in [6.45, 7) is 8.18. The van der Waals surface area contributed by atoms with Gasteiger partial charge in [0.25, 0.3) is 0 Å². The van der Waals surface area contributed by atoms with Gasteiger partial charge in [0, 0.05) is 38.2 Å². The number of nitriles is 2. The standard InChI is InChI=1S/C98H62N8O8/c1-101-85-31-15-14-30-78(85)68-32-34-69(35-33-68)92-102-93(79-42-36-72(70-28-16-26-66(48-70)56-99)54-90(79)105-86-44-38-74(95(107)111-58-62-18-6-2-7-19-62)50-81(86)82-51-75(39-45-87(82)105)96(108)112-59-63-20-8-3-9-21-63)104-94(103-92)80-43-37-73(71-29-17-27-67(49-71)57-100)55-91(80)106-88-46-40-76(97(109)113-60-64-22-10-4-11-23-64)52-83(88)84-53-77(41-47-89(84)106)98(110)114-61-65-24-12-5-13-25-65/h2-55H,58-61H2. The van der Waals surface area contributed by atoms with E-state index in [4.69, 9.17) is 40.5 Å². The molecule has 0 spiro atoms. The maximum atomic E-state index is 14.3. The molecule has 16 heteroatoms. The number of fused-ring (bicyclic) bond motifs is 6. The maximum absolute atomic E-state index is 14.3. The van der Waals surface area contributed by atoms with E-state index in [1.165, 1.54) is 0 Å². The number of hydrogen-bond donors (Lipinski definition) is 0. The molecule has 0 radical (unpaired) electrons. The zero-order valence-corrected chi connectivity index (χ0v) is 60.8. The number of hydrogen-bond acceptors (Lipinski definition) is 13. The fraction of sp³-hybridized carbons (Fsp3) is 0.0408. The highest BCUT2D eigenvalue weighted by atomic mass is 16.5. The van der Waals surface area contributed by atoms with Crippen molar-refractivity contribution in [2.24, 2.45) is 0 Å². The Hall–Kier alpha value is -16.0. The smallest absolute Gasteiger partial charge is 0.338 e.